The predicted molar refractivity (Wildman–Crippen MR) is 132 cm³/mol. The maximum atomic E-state index is 13.0. The van der Waals surface area contributed by atoms with Crippen LogP contribution in [0.3, 0.4) is 0 Å². The van der Waals surface area contributed by atoms with Crippen LogP contribution < -0.4 is 20.1 Å². The van der Waals surface area contributed by atoms with Crippen molar-refractivity contribution in [3.8, 4) is 11.5 Å². The standard InChI is InChI=1S/C26H37N3O4/c1-7-29(8-2)14-15-33-23-17-21(12-13-22(23)32-6)27-26(31)24(18(3)4)28-25(30)20-11-9-10-19(5)16-20/h9-13,16-18,24H,7-8,14-15H2,1-6H3,(H,27,31)(H,28,30). The van der Waals surface area contributed by atoms with Crippen molar-refractivity contribution in [1.82, 2.24) is 10.2 Å². The van der Waals surface area contributed by atoms with Gasteiger partial charge in [0.2, 0.25) is 5.91 Å². The van der Waals surface area contributed by atoms with Gasteiger partial charge in [0.25, 0.3) is 5.91 Å². The van der Waals surface area contributed by atoms with Gasteiger partial charge in [0.1, 0.15) is 12.6 Å². The summed E-state index contributed by atoms with van der Waals surface area (Å²) < 4.78 is 11.3. The molecule has 180 valence electrons. The van der Waals surface area contributed by atoms with Gasteiger partial charge in [0, 0.05) is 23.9 Å². The van der Waals surface area contributed by atoms with Crippen LogP contribution in [0.2, 0.25) is 0 Å². The Morgan fingerprint density at radius 1 is 1.03 bits per heavy atom. The Bertz CT molecular complexity index is 926. The molecule has 7 nitrogen and oxygen atoms in total. The molecule has 2 rings (SSSR count). The van der Waals surface area contributed by atoms with Gasteiger partial charge < -0.3 is 25.0 Å². The first-order valence-electron chi connectivity index (χ1n) is 11.5. The van der Waals surface area contributed by atoms with Crippen molar-refractivity contribution < 1.29 is 19.1 Å². The van der Waals surface area contributed by atoms with E-state index >= 15 is 0 Å². The molecule has 0 aliphatic heterocycles. The summed E-state index contributed by atoms with van der Waals surface area (Å²) >= 11 is 0. The van der Waals surface area contributed by atoms with Gasteiger partial charge in [0.05, 0.1) is 7.11 Å². The number of aryl methyl sites for hydroxylation is 1. The average Bonchev–Trinajstić information content (AvgIpc) is 2.80. The summed E-state index contributed by atoms with van der Waals surface area (Å²) in [6, 6.07) is 11.9. The summed E-state index contributed by atoms with van der Waals surface area (Å²) in [4.78, 5) is 28.0. The lowest BCUT2D eigenvalue weighted by atomic mass is 10.0. The van der Waals surface area contributed by atoms with Gasteiger partial charge in [-0.2, -0.15) is 0 Å². The zero-order chi connectivity index (χ0) is 24.4. The lowest BCUT2D eigenvalue weighted by Crippen LogP contribution is -2.47. The first-order chi connectivity index (χ1) is 15.8. The highest BCUT2D eigenvalue weighted by atomic mass is 16.5. The van der Waals surface area contributed by atoms with Gasteiger partial charge in [-0.05, 0) is 50.2 Å². The van der Waals surface area contributed by atoms with Crippen LogP contribution in [0.25, 0.3) is 0 Å². The van der Waals surface area contributed by atoms with Crippen LogP contribution >= 0.6 is 0 Å². The van der Waals surface area contributed by atoms with Crippen LogP contribution in [0.5, 0.6) is 11.5 Å². The van der Waals surface area contributed by atoms with Crippen molar-refractivity contribution in [2.75, 3.05) is 38.7 Å². The number of carbonyl (C=O) groups is 2. The first-order valence-corrected chi connectivity index (χ1v) is 11.5. The van der Waals surface area contributed by atoms with E-state index in [0.717, 1.165) is 25.2 Å². The number of hydrogen-bond donors (Lipinski definition) is 2. The second kappa shape index (κ2) is 12.8. The fraction of sp³-hybridized carbons (Fsp3) is 0.462. The summed E-state index contributed by atoms with van der Waals surface area (Å²) in [5.74, 6) is 0.503. The molecule has 0 spiro atoms. The maximum Gasteiger partial charge on any atom is 0.251 e. The molecule has 7 heteroatoms. The Hall–Kier alpha value is -3.06. The molecule has 2 aromatic carbocycles. The van der Waals surface area contributed by atoms with E-state index in [9.17, 15) is 9.59 Å². The van der Waals surface area contributed by atoms with E-state index in [0.29, 0.717) is 29.4 Å². The molecule has 0 aliphatic carbocycles. The number of likely N-dealkylation sites (N-methyl/N-ethyl adjacent to an activating group) is 1. The second-order valence-electron chi connectivity index (χ2n) is 8.29. The number of methoxy groups -OCH3 is 1. The van der Waals surface area contributed by atoms with Gasteiger partial charge in [0.15, 0.2) is 11.5 Å². The third-order valence-electron chi connectivity index (χ3n) is 5.51. The smallest absolute Gasteiger partial charge is 0.251 e. The van der Waals surface area contributed by atoms with E-state index in [4.69, 9.17) is 9.47 Å². The Balaban J connectivity index is 2.09. The molecule has 0 saturated carbocycles. The van der Waals surface area contributed by atoms with Gasteiger partial charge >= 0.3 is 0 Å². The van der Waals surface area contributed by atoms with E-state index < -0.39 is 6.04 Å². The molecule has 0 saturated heterocycles. The van der Waals surface area contributed by atoms with Crippen molar-refractivity contribution >= 4 is 17.5 Å². The SMILES string of the molecule is CCN(CC)CCOc1cc(NC(=O)C(NC(=O)c2cccc(C)c2)C(C)C)ccc1OC. The number of carbonyl (C=O) groups excluding carboxylic acids is 2. The fourth-order valence-electron chi connectivity index (χ4n) is 3.46. The number of ether oxygens (including phenoxy) is 2. The number of amides is 2. The highest BCUT2D eigenvalue weighted by molar-refractivity contribution is 6.01. The molecule has 0 fully saturated rings. The van der Waals surface area contributed by atoms with Gasteiger partial charge in [-0.1, -0.05) is 45.4 Å². The zero-order valence-corrected chi connectivity index (χ0v) is 20.6. The van der Waals surface area contributed by atoms with Gasteiger partial charge in [-0.15, -0.1) is 0 Å². The molecule has 0 aromatic heterocycles. The molecule has 0 aliphatic rings. The fourth-order valence-corrected chi connectivity index (χ4v) is 3.46. The van der Waals surface area contributed by atoms with Crippen LogP contribution in [0.4, 0.5) is 5.69 Å². The largest absolute Gasteiger partial charge is 0.493 e. The van der Waals surface area contributed by atoms with Gasteiger partial charge in [-0.25, -0.2) is 0 Å². The summed E-state index contributed by atoms with van der Waals surface area (Å²) in [5, 5.41) is 5.77. The van der Waals surface area contributed by atoms with E-state index in [1.807, 2.05) is 32.9 Å². The number of nitrogens with zero attached hydrogens (tertiary/aromatic N) is 1. The van der Waals surface area contributed by atoms with Crippen LogP contribution in [0.1, 0.15) is 43.6 Å². The predicted octanol–water partition coefficient (Wildman–Crippen LogP) is 4.12. The summed E-state index contributed by atoms with van der Waals surface area (Å²) in [6.07, 6.45) is 0. The minimum absolute atomic E-state index is 0.0956. The van der Waals surface area contributed by atoms with E-state index in [1.165, 1.54) is 0 Å². The average molecular weight is 456 g/mol. The highest BCUT2D eigenvalue weighted by Gasteiger charge is 2.25. The highest BCUT2D eigenvalue weighted by Crippen LogP contribution is 2.30. The Morgan fingerprint density at radius 2 is 1.76 bits per heavy atom. The number of rotatable bonds is 12. The van der Waals surface area contributed by atoms with Crippen molar-refractivity contribution in [3.05, 3.63) is 53.6 Å². The number of hydrogen-bond acceptors (Lipinski definition) is 5. The van der Waals surface area contributed by atoms with Crippen molar-refractivity contribution in [3.63, 3.8) is 0 Å². The summed E-state index contributed by atoms with van der Waals surface area (Å²) in [5.41, 5.74) is 2.09. The summed E-state index contributed by atoms with van der Waals surface area (Å²) in [7, 11) is 1.58. The number of anilines is 1. The van der Waals surface area contributed by atoms with E-state index in [-0.39, 0.29) is 17.7 Å². The summed E-state index contributed by atoms with van der Waals surface area (Å²) in [6.45, 7) is 13.2. The second-order valence-corrected chi connectivity index (χ2v) is 8.29. The molecule has 0 heterocycles. The quantitative estimate of drug-likeness (QED) is 0.503. The molecular formula is C26H37N3O4. The molecule has 1 unspecified atom stereocenters. The van der Waals surface area contributed by atoms with Crippen molar-refractivity contribution in [2.24, 2.45) is 5.92 Å². The molecule has 0 bridgehead atoms. The van der Waals surface area contributed by atoms with E-state index in [2.05, 4.69) is 29.4 Å². The molecule has 1 atom stereocenters. The number of nitrogens with one attached hydrogen (secondary N) is 2. The minimum atomic E-state index is -0.688. The van der Waals surface area contributed by atoms with Crippen LogP contribution in [0.15, 0.2) is 42.5 Å². The molecular weight excluding hydrogens is 418 g/mol. The topological polar surface area (TPSA) is 79.9 Å². The van der Waals surface area contributed by atoms with Crippen molar-refractivity contribution in [1.29, 1.82) is 0 Å². The van der Waals surface area contributed by atoms with Gasteiger partial charge in [-0.3, -0.25) is 9.59 Å². The number of benzene rings is 2. The third-order valence-corrected chi connectivity index (χ3v) is 5.51. The monoisotopic (exact) mass is 455 g/mol. The Morgan fingerprint density at radius 3 is 2.36 bits per heavy atom. The van der Waals surface area contributed by atoms with E-state index in [1.54, 1.807) is 37.4 Å². The van der Waals surface area contributed by atoms with Crippen molar-refractivity contribution in [2.45, 2.75) is 40.7 Å². The maximum absolute atomic E-state index is 13.0. The molecule has 2 N–H and O–H groups in total. The van der Waals surface area contributed by atoms with Crippen LogP contribution in [-0.2, 0) is 4.79 Å². The zero-order valence-electron chi connectivity index (χ0n) is 20.6. The molecule has 0 radical (unpaired) electrons. The molecule has 2 aromatic rings. The van der Waals surface area contributed by atoms with Crippen LogP contribution in [0, 0.1) is 12.8 Å². The lowest BCUT2D eigenvalue weighted by molar-refractivity contribution is -0.118. The Labute approximate surface area is 197 Å². The minimum Gasteiger partial charge on any atom is -0.493 e. The normalized spacial score (nSPS) is 11.9. The lowest BCUT2D eigenvalue weighted by Gasteiger charge is -2.22. The molecule has 2 amide bonds. The van der Waals surface area contributed by atoms with Crippen LogP contribution in [-0.4, -0.2) is 56.1 Å². The Kier molecular flexibility index (Phi) is 10.2. The first kappa shape index (κ1) is 26.2. The molecule has 33 heavy (non-hydrogen) atoms. The third kappa shape index (κ3) is 7.79.